The summed E-state index contributed by atoms with van der Waals surface area (Å²) >= 11 is 0. The van der Waals surface area contributed by atoms with Crippen LogP contribution in [0, 0.1) is 6.92 Å². The van der Waals surface area contributed by atoms with Gasteiger partial charge in [0.1, 0.15) is 11.6 Å². The van der Waals surface area contributed by atoms with Gasteiger partial charge in [0.2, 0.25) is 0 Å². The fourth-order valence-electron chi connectivity index (χ4n) is 3.13. The highest BCUT2D eigenvalue weighted by atomic mass is 16.5. The second kappa shape index (κ2) is 8.71. The molecule has 7 heteroatoms. The number of H-pyrrole nitrogens is 1. The molecule has 4 aromatic rings. The van der Waals surface area contributed by atoms with Gasteiger partial charge in [-0.3, -0.25) is 4.79 Å². The molecule has 0 bridgehead atoms. The molecule has 1 heterocycles. The van der Waals surface area contributed by atoms with Crippen molar-refractivity contribution in [3.63, 3.8) is 0 Å². The lowest BCUT2D eigenvalue weighted by Gasteiger charge is -2.10. The highest BCUT2D eigenvalue weighted by Crippen LogP contribution is 2.23. The SMILES string of the molecule is COc1ccccc1NC(=O)COC(=O)c1ccc2nc(-c3ccc(C)cc3)[nH]c2c1. The Morgan fingerprint density at radius 1 is 1.03 bits per heavy atom. The quantitative estimate of drug-likeness (QED) is 0.457. The summed E-state index contributed by atoms with van der Waals surface area (Å²) in [5.74, 6) is 0.193. The number of aromatic nitrogens is 2. The number of benzene rings is 3. The van der Waals surface area contributed by atoms with Crippen LogP contribution in [0.2, 0.25) is 0 Å². The van der Waals surface area contributed by atoms with E-state index in [9.17, 15) is 9.59 Å². The average Bonchev–Trinajstić information content (AvgIpc) is 3.21. The summed E-state index contributed by atoms with van der Waals surface area (Å²) in [5, 5.41) is 2.67. The van der Waals surface area contributed by atoms with Gasteiger partial charge in [0.25, 0.3) is 5.91 Å². The first-order valence-corrected chi connectivity index (χ1v) is 9.70. The second-order valence-electron chi connectivity index (χ2n) is 7.01. The van der Waals surface area contributed by atoms with Crippen molar-refractivity contribution in [1.29, 1.82) is 0 Å². The van der Waals surface area contributed by atoms with Gasteiger partial charge in [-0.05, 0) is 37.3 Å². The number of para-hydroxylation sites is 2. The van der Waals surface area contributed by atoms with Crippen LogP contribution in [0.5, 0.6) is 5.75 Å². The van der Waals surface area contributed by atoms with E-state index in [0.29, 0.717) is 22.5 Å². The molecule has 0 aliphatic rings. The van der Waals surface area contributed by atoms with Crippen LogP contribution >= 0.6 is 0 Å². The zero-order chi connectivity index (χ0) is 21.8. The first-order valence-electron chi connectivity index (χ1n) is 9.70. The van der Waals surface area contributed by atoms with Crippen LogP contribution < -0.4 is 10.1 Å². The standard InChI is InChI=1S/C24H21N3O4/c1-15-7-9-16(10-8-15)23-26-18-12-11-17(13-20(18)27-23)24(29)31-14-22(28)25-19-5-3-4-6-21(19)30-2/h3-13H,14H2,1-2H3,(H,25,28)(H,26,27). The van der Waals surface area contributed by atoms with Gasteiger partial charge in [-0.1, -0.05) is 42.0 Å². The predicted molar refractivity (Wildman–Crippen MR) is 118 cm³/mol. The maximum Gasteiger partial charge on any atom is 0.338 e. The lowest BCUT2D eigenvalue weighted by Crippen LogP contribution is -2.21. The van der Waals surface area contributed by atoms with E-state index in [0.717, 1.165) is 16.9 Å². The zero-order valence-electron chi connectivity index (χ0n) is 17.1. The number of anilines is 1. The van der Waals surface area contributed by atoms with Gasteiger partial charge in [-0.2, -0.15) is 0 Å². The Morgan fingerprint density at radius 3 is 2.58 bits per heavy atom. The largest absolute Gasteiger partial charge is 0.495 e. The van der Waals surface area contributed by atoms with E-state index in [-0.39, 0.29) is 0 Å². The molecule has 4 rings (SSSR count). The van der Waals surface area contributed by atoms with Gasteiger partial charge in [0.05, 0.1) is 29.4 Å². The Bertz CT molecular complexity index is 1250. The molecule has 1 amide bonds. The molecule has 1 aromatic heterocycles. The Labute approximate surface area is 179 Å². The first kappa shape index (κ1) is 20.2. The molecule has 7 nitrogen and oxygen atoms in total. The number of carbonyl (C=O) groups is 2. The van der Waals surface area contributed by atoms with Crippen molar-refractivity contribution in [2.75, 3.05) is 19.0 Å². The van der Waals surface area contributed by atoms with Crippen molar-refractivity contribution in [1.82, 2.24) is 9.97 Å². The summed E-state index contributed by atoms with van der Waals surface area (Å²) in [6, 6.07) is 20.0. The average molecular weight is 415 g/mol. The van der Waals surface area contributed by atoms with Crippen LogP contribution in [-0.4, -0.2) is 35.6 Å². The normalized spacial score (nSPS) is 10.6. The predicted octanol–water partition coefficient (Wildman–Crippen LogP) is 4.34. The number of carbonyl (C=O) groups excluding carboxylic acids is 2. The number of esters is 1. The van der Waals surface area contributed by atoms with E-state index in [4.69, 9.17) is 9.47 Å². The van der Waals surface area contributed by atoms with Crippen LogP contribution in [0.3, 0.4) is 0 Å². The Morgan fingerprint density at radius 2 is 1.81 bits per heavy atom. The summed E-state index contributed by atoms with van der Waals surface area (Å²) in [5.41, 5.74) is 4.41. The third-order valence-electron chi connectivity index (χ3n) is 4.76. The number of amides is 1. The van der Waals surface area contributed by atoms with E-state index in [2.05, 4.69) is 15.3 Å². The molecule has 31 heavy (non-hydrogen) atoms. The van der Waals surface area contributed by atoms with Gasteiger partial charge < -0.3 is 19.8 Å². The number of imidazole rings is 1. The number of fused-ring (bicyclic) bond motifs is 1. The zero-order valence-corrected chi connectivity index (χ0v) is 17.1. The van der Waals surface area contributed by atoms with Gasteiger partial charge in [0.15, 0.2) is 6.61 Å². The lowest BCUT2D eigenvalue weighted by atomic mass is 10.1. The summed E-state index contributed by atoms with van der Waals surface area (Å²) in [4.78, 5) is 32.4. The number of rotatable bonds is 6. The molecule has 0 fully saturated rings. The monoisotopic (exact) mass is 415 g/mol. The fraction of sp³-hybridized carbons (Fsp3) is 0.125. The minimum absolute atomic E-state index is 0.330. The molecule has 0 aliphatic carbocycles. The number of nitrogens with zero attached hydrogens (tertiary/aromatic N) is 1. The summed E-state index contributed by atoms with van der Waals surface area (Å²) in [6.45, 7) is 1.61. The molecular formula is C24H21N3O4. The first-order chi connectivity index (χ1) is 15.0. The minimum atomic E-state index is -0.594. The van der Waals surface area contributed by atoms with Gasteiger partial charge >= 0.3 is 5.97 Å². The summed E-state index contributed by atoms with van der Waals surface area (Å²) < 4.78 is 10.4. The highest BCUT2D eigenvalue weighted by molar-refractivity contribution is 5.98. The van der Waals surface area contributed by atoms with Crippen LogP contribution in [0.25, 0.3) is 22.4 Å². The molecule has 0 atom stereocenters. The molecular weight excluding hydrogens is 394 g/mol. The van der Waals surface area contributed by atoms with E-state index in [1.54, 1.807) is 42.5 Å². The molecule has 0 saturated heterocycles. The molecule has 0 unspecified atom stereocenters. The maximum absolute atomic E-state index is 12.4. The van der Waals surface area contributed by atoms with Gasteiger partial charge in [-0.25, -0.2) is 9.78 Å². The molecule has 156 valence electrons. The Hall–Kier alpha value is -4.13. The molecule has 0 spiro atoms. The number of ether oxygens (including phenoxy) is 2. The maximum atomic E-state index is 12.4. The van der Waals surface area contributed by atoms with Crippen LogP contribution in [0.15, 0.2) is 66.7 Å². The number of hydrogen-bond acceptors (Lipinski definition) is 5. The lowest BCUT2D eigenvalue weighted by molar-refractivity contribution is -0.119. The van der Waals surface area contributed by atoms with Crippen molar-refractivity contribution in [3.8, 4) is 17.1 Å². The van der Waals surface area contributed by atoms with Crippen molar-refractivity contribution in [2.45, 2.75) is 6.92 Å². The smallest absolute Gasteiger partial charge is 0.338 e. The van der Waals surface area contributed by atoms with E-state index >= 15 is 0 Å². The number of aryl methyl sites for hydroxylation is 1. The summed E-state index contributed by atoms with van der Waals surface area (Å²) in [7, 11) is 1.51. The third-order valence-corrected chi connectivity index (χ3v) is 4.76. The number of hydrogen-bond donors (Lipinski definition) is 2. The summed E-state index contributed by atoms with van der Waals surface area (Å²) in [6.07, 6.45) is 0. The molecule has 0 saturated carbocycles. The van der Waals surface area contributed by atoms with E-state index in [1.807, 2.05) is 31.2 Å². The van der Waals surface area contributed by atoms with Crippen molar-refractivity contribution < 1.29 is 19.1 Å². The third kappa shape index (κ3) is 4.56. The highest BCUT2D eigenvalue weighted by Gasteiger charge is 2.14. The van der Waals surface area contributed by atoms with Crippen LogP contribution in [-0.2, 0) is 9.53 Å². The van der Waals surface area contributed by atoms with E-state index in [1.165, 1.54) is 12.7 Å². The molecule has 2 N–H and O–H groups in total. The van der Waals surface area contributed by atoms with Gasteiger partial charge in [-0.15, -0.1) is 0 Å². The molecule has 0 aliphatic heterocycles. The minimum Gasteiger partial charge on any atom is -0.495 e. The second-order valence-corrected chi connectivity index (χ2v) is 7.01. The fourth-order valence-corrected chi connectivity index (χ4v) is 3.13. The number of nitrogens with one attached hydrogen (secondary N) is 2. The number of aromatic amines is 1. The van der Waals surface area contributed by atoms with E-state index < -0.39 is 18.5 Å². The van der Waals surface area contributed by atoms with Crippen LogP contribution in [0.4, 0.5) is 5.69 Å². The van der Waals surface area contributed by atoms with Crippen molar-refractivity contribution in [3.05, 3.63) is 77.9 Å². The van der Waals surface area contributed by atoms with Crippen molar-refractivity contribution in [2.24, 2.45) is 0 Å². The topological polar surface area (TPSA) is 93.3 Å². The van der Waals surface area contributed by atoms with Crippen molar-refractivity contribution >= 4 is 28.6 Å². The molecule has 0 radical (unpaired) electrons. The Balaban J connectivity index is 1.43. The van der Waals surface area contributed by atoms with Gasteiger partial charge in [0, 0.05) is 5.56 Å². The van der Waals surface area contributed by atoms with Crippen LogP contribution in [0.1, 0.15) is 15.9 Å². The number of methoxy groups -OCH3 is 1. The molecule has 3 aromatic carbocycles. The Kier molecular flexibility index (Phi) is 5.66.